The fourth-order valence-corrected chi connectivity index (χ4v) is 4.98. The Balaban J connectivity index is 1.50. The first-order valence-corrected chi connectivity index (χ1v) is 10.8. The van der Waals surface area contributed by atoms with Crippen LogP contribution in [0.25, 0.3) is 28.0 Å². The van der Waals surface area contributed by atoms with Gasteiger partial charge in [-0.05, 0) is 86.5 Å². The Bertz CT molecular complexity index is 1110. The van der Waals surface area contributed by atoms with Gasteiger partial charge in [0, 0.05) is 18.3 Å². The molecule has 6 heteroatoms. The number of anilines is 1. The molecule has 1 saturated heterocycles. The van der Waals surface area contributed by atoms with Gasteiger partial charge in [0.1, 0.15) is 17.2 Å². The molecular formula is C24H29N5O. The molecule has 1 spiro atoms. The van der Waals surface area contributed by atoms with E-state index in [0.717, 1.165) is 41.9 Å². The van der Waals surface area contributed by atoms with Gasteiger partial charge < -0.3 is 20.4 Å². The van der Waals surface area contributed by atoms with Gasteiger partial charge in [-0.1, -0.05) is 6.08 Å². The molecule has 1 aromatic carbocycles. The highest BCUT2D eigenvalue weighted by Gasteiger charge is 2.34. The average Bonchev–Trinajstić information content (AvgIpc) is 3.12. The second kappa shape index (κ2) is 7.43. The van der Waals surface area contributed by atoms with E-state index in [9.17, 15) is 0 Å². The monoisotopic (exact) mass is 403 g/mol. The van der Waals surface area contributed by atoms with Crippen molar-refractivity contribution in [3.63, 3.8) is 0 Å². The SMILES string of the molecule is COc1ccc(-c2nc(N)c3cc(C4=CCC5(CCNCC5)CC4)n(C)c3n2)cc1. The first-order valence-electron chi connectivity index (χ1n) is 10.8. The summed E-state index contributed by atoms with van der Waals surface area (Å²) < 4.78 is 7.42. The van der Waals surface area contributed by atoms with Crippen molar-refractivity contribution in [2.75, 3.05) is 25.9 Å². The predicted octanol–water partition coefficient (Wildman–Crippen LogP) is 4.16. The molecule has 3 heterocycles. The summed E-state index contributed by atoms with van der Waals surface area (Å²) in [6.07, 6.45) is 8.58. The smallest absolute Gasteiger partial charge is 0.163 e. The third-order valence-corrected chi connectivity index (χ3v) is 6.96. The summed E-state index contributed by atoms with van der Waals surface area (Å²) in [5.41, 5.74) is 11.3. The van der Waals surface area contributed by atoms with Crippen LogP contribution in [-0.2, 0) is 7.05 Å². The van der Waals surface area contributed by atoms with E-state index in [2.05, 4.69) is 34.1 Å². The number of nitrogens with two attached hydrogens (primary N) is 1. The summed E-state index contributed by atoms with van der Waals surface area (Å²) >= 11 is 0. The maximum Gasteiger partial charge on any atom is 0.163 e. The quantitative estimate of drug-likeness (QED) is 0.686. The van der Waals surface area contributed by atoms with Gasteiger partial charge in [-0.25, -0.2) is 9.97 Å². The van der Waals surface area contributed by atoms with Crippen molar-refractivity contribution >= 4 is 22.4 Å². The molecule has 2 aliphatic rings. The van der Waals surface area contributed by atoms with Gasteiger partial charge in [0.15, 0.2) is 5.82 Å². The number of piperidine rings is 1. The normalized spacial score (nSPS) is 18.5. The Hall–Kier alpha value is -2.86. The number of aryl methyl sites for hydroxylation is 1. The number of hydrogen-bond acceptors (Lipinski definition) is 5. The largest absolute Gasteiger partial charge is 0.497 e. The summed E-state index contributed by atoms with van der Waals surface area (Å²) in [6, 6.07) is 9.92. The zero-order valence-electron chi connectivity index (χ0n) is 17.7. The number of aromatic nitrogens is 3. The lowest BCUT2D eigenvalue weighted by molar-refractivity contribution is 0.184. The van der Waals surface area contributed by atoms with Crippen molar-refractivity contribution in [3.05, 3.63) is 42.1 Å². The van der Waals surface area contributed by atoms with E-state index in [-0.39, 0.29) is 0 Å². The second-order valence-corrected chi connectivity index (χ2v) is 8.67. The Morgan fingerprint density at radius 3 is 2.53 bits per heavy atom. The fourth-order valence-electron chi connectivity index (χ4n) is 4.98. The van der Waals surface area contributed by atoms with Crippen LogP contribution in [0.2, 0.25) is 0 Å². The topological polar surface area (TPSA) is 78.0 Å². The van der Waals surface area contributed by atoms with Crippen LogP contribution in [0.15, 0.2) is 36.4 Å². The van der Waals surface area contributed by atoms with Gasteiger partial charge in [-0.3, -0.25) is 0 Å². The van der Waals surface area contributed by atoms with Crippen molar-refractivity contribution in [3.8, 4) is 17.1 Å². The van der Waals surface area contributed by atoms with Crippen LogP contribution in [0.4, 0.5) is 5.82 Å². The highest BCUT2D eigenvalue weighted by atomic mass is 16.5. The van der Waals surface area contributed by atoms with Gasteiger partial charge in [0.2, 0.25) is 0 Å². The first-order chi connectivity index (χ1) is 14.6. The van der Waals surface area contributed by atoms with Crippen molar-refractivity contribution in [1.29, 1.82) is 0 Å². The Morgan fingerprint density at radius 2 is 1.87 bits per heavy atom. The molecule has 2 aromatic heterocycles. The second-order valence-electron chi connectivity index (χ2n) is 8.67. The van der Waals surface area contributed by atoms with Gasteiger partial charge in [-0.15, -0.1) is 0 Å². The molecule has 5 rings (SSSR count). The molecule has 0 bridgehead atoms. The minimum absolute atomic E-state index is 0.500. The molecule has 1 fully saturated rings. The zero-order valence-corrected chi connectivity index (χ0v) is 17.7. The number of methoxy groups -OCH3 is 1. The predicted molar refractivity (Wildman–Crippen MR) is 121 cm³/mol. The van der Waals surface area contributed by atoms with Crippen molar-refractivity contribution in [1.82, 2.24) is 19.9 Å². The van der Waals surface area contributed by atoms with Gasteiger partial charge in [0.05, 0.1) is 12.5 Å². The molecule has 3 N–H and O–H groups in total. The number of rotatable bonds is 3. The lowest BCUT2D eigenvalue weighted by Gasteiger charge is -2.40. The molecule has 0 atom stereocenters. The van der Waals surface area contributed by atoms with E-state index >= 15 is 0 Å². The summed E-state index contributed by atoms with van der Waals surface area (Å²) in [6.45, 7) is 2.30. The van der Waals surface area contributed by atoms with E-state index < -0.39 is 0 Å². The summed E-state index contributed by atoms with van der Waals surface area (Å²) in [5.74, 6) is 1.98. The molecule has 0 unspecified atom stereocenters. The molecule has 1 aliphatic heterocycles. The molecule has 0 radical (unpaired) electrons. The first kappa shape index (κ1) is 19.1. The van der Waals surface area contributed by atoms with Crippen LogP contribution in [0.5, 0.6) is 5.75 Å². The summed E-state index contributed by atoms with van der Waals surface area (Å²) in [7, 11) is 3.74. The number of ether oxygens (including phenoxy) is 1. The Kier molecular flexibility index (Phi) is 4.74. The zero-order chi connectivity index (χ0) is 20.7. The number of benzene rings is 1. The van der Waals surface area contributed by atoms with Crippen LogP contribution >= 0.6 is 0 Å². The molecule has 0 amide bonds. The standard InChI is InChI=1S/C24H29N5O/c1-29-20(16-7-9-24(10-8-16)11-13-26-14-12-24)15-19-21(25)27-22(28-23(19)29)17-3-5-18(30-2)6-4-17/h3-7,15,26H,8-14H2,1-2H3,(H2,25,27,28). The minimum atomic E-state index is 0.500. The average molecular weight is 404 g/mol. The lowest BCUT2D eigenvalue weighted by Crippen LogP contribution is -2.37. The van der Waals surface area contributed by atoms with Crippen LogP contribution in [-0.4, -0.2) is 34.7 Å². The number of hydrogen-bond donors (Lipinski definition) is 2. The Morgan fingerprint density at radius 1 is 1.10 bits per heavy atom. The molecular weight excluding hydrogens is 374 g/mol. The van der Waals surface area contributed by atoms with Crippen molar-refractivity contribution < 1.29 is 4.74 Å². The van der Waals surface area contributed by atoms with Gasteiger partial charge >= 0.3 is 0 Å². The molecule has 3 aromatic rings. The van der Waals surface area contributed by atoms with Crippen LogP contribution in [0, 0.1) is 5.41 Å². The molecule has 6 nitrogen and oxygen atoms in total. The maximum atomic E-state index is 6.36. The summed E-state index contributed by atoms with van der Waals surface area (Å²) in [4.78, 5) is 9.44. The third kappa shape index (κ3) is 3.25. The Labute approximate surface area is 177 Å². The van der Waals surface area contributed by atoms with E-state index in [1.54, 1.807) is 7.11 Å². The number of allylic oxidation sites excluding steroid dienone is 2. The van der Waals surface area contributed by atoms with E-state index in [4.69, 9.17) is 15.5 Å². The number of nitrogens with zero attached hydrogens (tertiary/aromatic N) is 3. The van der Waals surface area contributed by atoms with Crippen LogP contribution in [0.3, 0.4) is 0 Å². The van der Waals surface area contributed by atoms with Gasteiger partial charge in [0.25, 0.3) is 0 Å². The number of nitrogen functional groups attached to an aromatic ring is 1. The van der Waals surface area contributed by atoms with E-state index in [0.29, 0.717) is 17.1 Å². The molecule has 0 saturated carbocycles. The summed E-state index contributed by atoms with van der Waals surface area (Å²) in [5, 5.41) is 4.42. The van der Waals surface area contributed by atoms with Crippen molar-refractivity contribution in [2.24, 2.45) is 12.5 Å². The third-order valence-electron chi connectivity index (χ3n) is 6.96. The maximum absolute atomic E-state index is 6.36. The van der Waals surface area contributed by atoms with Gasteiger partial charge in [-0.2, -0.15) is 0 Å². The van der Waals surface area contributed by atoms with Crippen LogP contribution < -0.4 is 15.8 Å². The number of nitrogens with one attached hydrogen (secondary N) is 1. The minimum Gasteiger partial charge on any atom is -0.497 e. The molecule has 1 aliphatic carbocycles. The lowest BCUT2D eigenvalue weighted by atomic mass is 9.69. The number of fused-ring (bicyclic) bond motifs is 1. The molecule has 30 heavy (non-hydrogen) atoms. The fraction of sp³-hybridized carbons (Fsp3) is 0.417. The van der Waals surface area contributed by atoms with E-state index in [1.165, 1.54) is 37.0 Å². The molecule has 156 valence electrons. The van der Waals surface area contributed by atoms with Crippen LogP contribution in [0.1, 0.15) is 37.8 Å². The van der Waals surface area contributed by atoms with E-state index in [1.807, 2.05) is 24.3 Å². The highest BCUT2D eigenvalue weighted by Crippen LogP contribution is 2.45. The van der Waals surface area contributed by atoms with Crippen molar-refractivity contribution in [2.45, 2.75) is 32.1 Å². The highest BCUT2D eigenvalue weighted by molar-refractivity contribution is 5.91.